The zero-order chi connectivity index (χ0) is 18.9. The van der Waals surface area contributed by atoms with Crippen LogP contribution >= 0.6 is 22.7 Å². The van der Waals surface area contributed by atoms with Crippen molar-refractivity contribution in [3.63, 3.8) is 0 Å². The molecule has 0 fully saturated rings. The number of aromatic nitrogens is 2. The minimum Gasteiger partial charge on any atom is -0.369 e. The fraction of sp³-hybridized carbons (Fsp3) is 0.150. The number of anilines is 1. The Morgan fingerprint density at radius 2 is 2.07 bits per heavy atom. The van der Waals surface area contributed by atoms with Crippen molar-refractivity contribution in [2.75, 3.05) is 5.32 Å². The van der Waals surface area contributed by atoms with Crippen molar-refractivity contribution in [1.82, 2.24) is 9.97 Å². The van der Waals surface area contributed by atoms with Gasteiger partial charge in [0, 0.05) is 34.6 Å². The van der Waals surface area contributed by atoms with Crippen molar-refractivity contribution >= 4 is 33.7 Å². The van der Waals surface area contributed by atoms with Gasteiger partial charge in [-0.05, 0) is 12.5 Å². The molecule has 0 bridgehead atoms. The van der Waals surface area contributed by atoms with E-state index in [2.05, 4.69) is 15.3 Å². The third kappa shape index (κ3) is 3.31. The highest BCUT2D eigenvalue weighted by atomic mass is 32.1. The molecule has 7 heteroatoms. The fourth-order valence-electron chi connectivity index (χ4n) is 3.05. The number of carbonyl (C=O) groups excluding carboxylic acids is 1. The van der Waals surface area contributed by atoms with Gasteiger partial charge in [0.2, 0.25) is 5.91 Å². The van der Waals surface area contributed by atoms with Gasteiger partial charge in [0.25, 0.3) is 0 Å². The molecule has 1 aliphatic rings. The number of rotatable bonds is 5. The number of nitrogens with zero attached hydrogens (tertiary/aromatic N) is 2. The predicted molar refractivity (Wildman–Crippen MR) is 111 cm³/mol. The molecular weight excluding hydrogens is 376 g/mol. The second-order valence-corrected chi connectivity index (χ2v) is 8.13. The number of thiazole rings is 2. The lowest BCUT2D eigenvalue weighted by Crippen LogP contribution is -2.41. The lowest BCUT2D eigenvalue weighted by Gasteiger charge is -2.30. The van der Waals surface area contributed by atoms with E-state index in [0.717, 1.165) is 27.7 Å². The first-order valence-electron chi connectivity index (χ1n) is 8.45. The van der Waals surface area contributed by atoms with Crippen LogP contribution in [0, 0.1) is 0 Å². The van der Waals surface area contributed by atoms with Crippen LogP contribution in [0.2, 0.25) is 0 Å². The molecule has 2 aromatic heterocycles. The smallest absolute Gasteiger partial charge is 0.234 e. The summed E-state index contributed by atoms with van der Waals surface area (Å²) < 4.78 is 0. The molecule has 0 saturated carbocycles. The van der Waals surface area contributed by atoms with Crippen molar-refractivity contribution in [1.29, 1.82) is 0 Å². The summed E-state index contributed by atoms with van der Waals surface area (Å²) in [5.41, 5.74) is 8.85. The minimum atomic E-state index is -0.921. The zero-order valence-corrected chi connectivity index (χ0v) is 16.3. The Bertz CT molecular complexity index is 1020. The highest BCUT2D eigenvalue weighted by molar-refractivity contribution is 7.14. The molecular formula is C20H18N4OS2. The Labute approximate surface area is 165 Å². The number of carbonyl (C=O) groups is 1. The number of allylic oxidation sites excluding steroid dienone is 3. The quantitative estimate of drug-likeness (QED) is 0.675. The van der Waals surface area contributed by atoms with Crippen LogP contribution in [0.5, 0.6) is 0 Å². The van der Waals surface area contributed by atoms with E-state index in [0.29, 0.717) is 11.4 Å². The highest BCUT2D eigenvalue weighted by Crippen LogP contribution is 2.39. The van der Waals surface area contributed by atoms with E-state index in [-0.39, 0.29) is 0 Å². The van der Waals surface area contributed by atoms with Gasteiger partial charge >= 0.3 is 0 Å². The lowest BCUT2D eigenvalue weighted by molar-refractivity contribution is -0.122. The first-order chi connectivity index (χ1) is 13.1. The number of hydrogen-bond acceptors (Lipinski definition) is 6. The molecule has 27 heavy (non-hydrogen) atoms. The van der Waals surface area contributed by atoms with Crippen LogP contribution in [-0.4, -0.2) is 15.9 Å². The largest absolute Gasteiger partial charge is 0.369 e. The molecule has 1 atom stereocenters. The maximum absolute atomic E-state index is 12.3. The van der Waals surface area contributed by atoms with Gasteiger partial charge in [-0.25, -0.2) is 9.97 Å². The van der Waals surface area contributed by atoms with Crippen LogP contribution in [-0.2, 0) is 10.2 Å². The van der Waals surface area contributed by atoms with E-state index in [9.17, 15) is 4.79 Å². The summed E-state index contributed by atoms with van der Waals surface area (Å²) in [6, 6.07) is 10.0. The number of primary amides is 1. The van der Waals surface area contributed by atoms with Crippen molar-refractivity contribution in [3.8, 4) is 11.3 Å². The SMILES string of the molecule is CC1=C(Nc2nc(-c3ccccc3)cs2)CC(C(N)=O)(c2nccs2)C=C1. The standard InChI is InChI=1S/C20H18N4OS2/c1-13-7-8-20(17(21)25,18-22-9-10-26-18)11-15(13)23-19-24-16(12-27-19)14-5-3-2-4-6-14/h2-10,12H,11H2,1H3,(H2,21,25)(H,23,24). The van der Waals surface area contributed by atoms with Gasteiger partial charge in [0.1, 0.15) is 10.4 Å². The number of nitrogens with one attached hydrogen (secondary N) is 1. The average molecular weight is 395 g/mol. The Morgan fingerprint density at radius 3 is 2.78 bits per heavy atom. The predicted octanol–water partition coefficient (Wildman–Crippen LogP) is 4.34. The molecule has 1 aliphatic carbocycles. The Balaban J connectivity index is 1.62. The van der Waals surface area contributed by atoms with E-state index < -0.39 is 11.3 Å². The normalized spacial score (nSPS) is 19.3. The lowest BCUT2D eigenvalue weighted by atomic mass is 9.78. The van der Waals surface area contributed by atoms with Crippen molar-refractivity contribution in [2.45, 2.75) is 18.8 Å². The van der Waals surface area contributed by atoms with E-state index >= 15 is 0 Å². The third-order valence-corrected chi connectivity index (χ3v) is 6.34. The van der Waals surface area contributed by atoms with Gasteiger partial charge in [-0.1, -0.05) is 42.5 Å². The van der Waals surface area contributed by atoms with Crippen LogP contribution in [0.1, 0.15) is 18.4 Å². The summed E-state index contributed by atoms with van der Waals surface area (Å²) in [6.07, 6.45) is 5.94. The van der Waals surface area contributed by atoms with Gasteiger partial charge in [-0.3, -0.25) is 4.79 Å². The number of hydrogen-bond donors (Lipinski definition) is 2. The zero-order valence-electron chi connectivity index (χ0n) is 14.7. The third-order valence-electron chi connectivity index (χ3n) is 4.63. The summed E-state index contributed by atoms with van der Waals surface area (Å²) in [4.78, 5) is 21.4. The van der Waals surface area contributed by atoms with Crippen molar-refractivity contribution < 1.29 is 4.79 Å². The molecule has 5 nitrogen and oxygen atoms in total. The Hall–Kier alpha value is -2.77. The molecule has 0 radical (unpaired) electrons. The molecule has 0 aliphatic heterocycles. The van der Waals surface area contributed by atoms with Gasteiger partial charge in [-0.2, -0.15) is 0 Å². The molecule has 1 amide bonds. The van der Waals surface area contributed by atoms with Crippen LogP contribution in [0.4, 0.5) is 5.13 Å². The van der Waals surface area contributed by atoms with E-state index in [1.807, 2.05) is 60.2 Å². The summed E-state index contributed by atoms with van der Waals surface area (Å²) in [5.74, 6) is -0.399. The summed E-state index contributed by atoms with van der Waals surface area (Å²) in [7, 11) is 0. The van der Waals surface area contributed by atoms with Crippen molar-refractivity contribution in [3.05, 3.63) is 75.7 Å². The van der Waals surface area contributed by atoms with Crippen LogP contribution in [0.15, 0.2) is 70.7 Å². The average Bonchev–Trinajstić information content (AvgIpc) is 3.36. The molecule has 0 spiro atoms. The number of amides is 1. The van der Waals surface area contributed by atoms with Crippen LogP contribution < -0.4 is 11.1 Å². The minimum absolute atomic E-state index is 0.399. The van der Waals surface area contributed by atoms with Crippen molar-refractivity contribution in [2.24, 2.45) is 5.73 Å². The van der Waals surface area contributed by atoms with E-state index in [4.69, 9.17) is 5.73 Å². The van der Waals surface area contributed by atoms with Gasteiger partial charge < -0.3 is 11.1 Å². The molecule has 4 rings (SSSR count). The first-order valence-corrected chi connectivity index (χ1v) is 10.2. The maximum Gasteiger partial charge on any atom is 0.234 e. The molecule has 1 unspecified atom stereocenters. The molecule has 0 saturated heterocycles. The van der Waals surface area contributed by atoms with E-state index in [1.54, 1.807) is 6.20 Å². The second-order valence-electron chi connectivity index (χ2n) is 6.37. The van der Waals surface area contributed by atoms with Gasteiger partial charge in [-0.15, -0.1) is 22.7 Å². The summed E-state index contributed by atoms with van der Waals surface area (Å²) in [5, 5.41) is 8.78. The van der Waals surface area contributed by atoms with Crippen LogP contribution in [0.25, 0.3) is 11.3 Å². The van der Waals surface area contributed by atoms with E-state index in [1.165, 1.54) is 22.7 Å². The molecule has 3 N–H and O–H groups in total. The first kappa shape index (κ1) is 17.6. The molecule has 136 valence electrons. The molecule has 1 aromatic carbocycles. The number of benzene rings is 1. The number of nitrogens with two attached hydrogens (primary N) is 1. The summed E-state index contributed by atoms with van der Waals surface area (Å²) in [6.45, 7) is 2.01. The summed E-state index contributed by atoms with van der Waals surface area (Å²) >= 11 is 2.98. The Morgan fingerprint density at radius 1 is 1.26 bits per heavy atom. The highest BCUT2D eigenvalue weighted by Gasteiger charge is 2.41. The fourth-order valence-corrected chi connectivity index (χ4v) is 4.62. The topological polar surface area (TPSA) is 80.9 Å². The van der Waals surface area contributed by atoms with Crippen LogP contribution in [0.3, 0.4) is 0 Å². The van der Waals surface area contributed by atoms with Gasteiger partial charge in [0.05, 0.1) is 5.69 Å². The maximum atomic E-state index is 12.3. The molecule has 2 heterocycles. The second kappa shape index (κ2) is 7.09. The molecule has 3 aromatic rings. The Kier molecular flexibility index (Phi) is 4.63. The van der Waals surface area contributed by atoms with Gasteiger partial charge in [0.15, 0.2) is 5.13 Å². The monoisotopic (exact) mass is 394 g/mol.